The van der Waals surface area contributed by atoms with Gasteiger partial charge in [0.05, 0.1) is 12.0 Å². The van der Waals surface area contributed by atoms with Crippen LogP contribution in [0.2, 0.25) is 0 Å². The lowest BCUT2D eigenvalue weighted by Crippen LogP contribution is -2.44. The number of carbonyl (C=O) groups is 1. The van der Waals surface area contributed by atoms with Crippen molar-refractivity contribution in [2.24, 2.45) is 0 Å². The predicted molar refractivity (Wildman–Crippen MR) is 78.2 cm³/mol. The fraction of sp³-hybridized carbons (Fsp3) is 0.235. The Morgan fingerprint density at radius 3 is 2.26 bits per heavy atom. The zero-order valence-electron chi connectivity index (χ0n) is 12.3. The molecular formula is C17H15F3O3. The summed E-state index contributed by atoms with van der Waals surface area (Å²) < 4.78 is 40.1. The van der Waals surface area contributed by atoms with E-state index in [-0.39, 0.29) is 5.56 Å². The lowest BCUT2D eigenvalue weighted by molar-refractivity contribution is -0.264. The second kappa shape index (κ2) is 6.04. The molecule has 0 aromatic heterocycles. The highest BCUT2D eigenvalue weighted by Crippen LogP contribution is 2.42. The number of alkyl halides is 3. The smallest absolute Gasteiger partial charge is 0.421 e. The van der Waals surface area contributed by atoms with Crippen LogP contribution in [0.15, 0.2) is 48.5 Å². The van der Waals surface area contributed by atoms with E-state index in [9.17, 15) is 28.2 Å². The minimum Gasteiger partial charge on any atom is -0.507 e. The number of aromatic hydroxyl groups is 1. The molecule has 6 heteroatoms. The van der Waals surface area contributed by atoms with Gasteiger partial charge in [0.1, 0.15) is 5.75 Å². The Kier molecular flexibility index (Phi) is 4.47. The molecule has 0 fully saturated rings. The van der Waals surface area contributed by atoms with Crippen LogP contribution in [0.3, 0.4) is 0 Å². The first-order valence-electron chi connectivity index (χ1n) is 6.82. The van der Waals surface area contributed by atoms with Crippen molar-refractivity contribution in [2.75, 3.05) is 0 Å². The zero-order valence-corrected chi connectivity index (χ0v) is 12.3. The molecule has 0 spiro atoms. The van der Waals surface area contributed by atoms with Crippen molar-refractivity contribution >= 4 is 5.78 Å². The monoisotopic (exact) mass is 324 g/mol. The lowest BCUT2D eigenvalue weighted by atomic mass is 9.86. The van der Waals surface area contributed by atoms with Crippen molar-refractivity contribution in [3.8, 4) is 5.75 Å². The minimum atomic E-state index is -5.04. The van der Waals surface area contributed by atoms with Gasteiger partial charge in [-0.05, 0) is 24.6 Å². The molecule has 122 valence electrons. The molecule has 3 nitrogen and oxygen atoms in total. The molecule has 0 aliphatic carbocycles. The number of Topliss-reactive ketones (excluding diaryl/α,β-unsaturated/α-hetero) is 1. The third-order valence-corrected chi connectivity index (χ3v) is 3.59. The molecular weight excluding hydrogens is 309 g/mol. The number of halogens is 3. The largest absolute Gasteiger partial charge is 0.507 e. The second-order valence-electron chi connectivity index (χ2n) is 5.34. The van der Waals surface area contributed by atoms with E-state index in [1.165, 1.54) is 36.4 Å². The van der Waals surface area contributed by atoms with Gasteiger partial charge in [0.15, 0.2) is 11.4 Å². The summed E-state index contributed by atoms with van der Waals surface area (Å²) in [4.78, 5) is 12.2. The van der Waals surface area contributed by atoms with Crippen molar-refractivity contribution in [1.29, 1.82) is 0 Å². The first-order valence-corrected chi connectivity index (χ1v) is 6.82. The van der Waals surface area contributed by atoms with E-state index < -0.39 is 35.3 Å². The van der Waals surface area contributed by atoms with Crippen LogP contribution in [0.5, 0.6) is 5.75 Å². The number of benzene rings is 2. The molecule has 0 saturated heterocycles. The summed E-state index contributed by atoms with van der Waals surface area (Å²) in [5, 5.41) is 19.9. The van der Waals surface area contributed by atoms with E-state index in [0.29, 0.717) is 5.56 Å². The number of rotatable bonds is 4. The van der Waals surface area contributed by atoms with E-state index in [1.54, 1.807) is 6.92 Å². The molecule has 2 rings (SSSR count). The Bertz CT molecular complexity index is 711. The van der Waals surface area contributed by atoms with Gasteiger partial charge in [-0.1, -0.05) is 42.0 Å². The van der Waals surface area contributed by atoms with Crippen LogP contribution in [0.1, 0.15) is 27.9 Å². The highest BCUT2D eigenvalue weighted by molar-refractivity contribution is 5.99. The van der Waals surface area contributed by atoms with E-state index in [2.05, 4.69) is 0 Å². The summed E-state index contributed by atoms with van der Waals surface area (Å²) in [6.07, 6.45) is -6.25. The number of carbonyl (C=O) groups excluding carboxylic acids is 1. The fourth-order valence-corrected chi connectivity index (χ4v) is 2.28. The molecule has 23 heavy (non-hydrogen) atoms. The average Bonchev–Trinajstić information content (AvgIpc) is 2.49. The van der Waals surface area contributed by atoms with Crippen molar-refractivity contribution in [1.82, 2.24) is 0 Å². The number of ketones is 1. The minimum absolute atomic E-state index is 0.247. The first kappa shape index (κ1) is 17.0. The Balaban J connectivity index is 2.43. The van der Waals surface area contributed by atoms with Crippen LogP contribution in [-0.2, 0) is 5.60 Å². The quantitative estimate of drug-likeness (QED) is 0.843. The van der Waals surface area contributed by atoms with Crippen molar-refractivity contribution in [3.63, 3.8) is 0 Å². The van der Waals surface area contributed by atoms with Gasteiger partial charge in [0, 0.05) is 0 Å². The molecule has 0 heterocycles. The van der Waals surface area contributed by atoms with Crippen LogP contribution in [0.4, 0.5) is 13.2 Å². The standard InChI is InChI=1S/C17H15F3O3/c1-11-7-8-14(21)13(9-11)15(22)10-16(23,17(18,19)20)12-5-3-2-4-6-12/h2-9,21,23H,10H2,1H3. The lowest BCUT2D eigenvalue weighted by Gasteiger charge is -2.30. The number of hydrogen-bond donors (Lipinski definition) is 2. The molecule has 0 aliphatic rings. The van der Waals surface area contributed by atoms with Gasteiger partial charge in [-0.25, -0.2) is 0 Å². The van der Waals surface area contributed by atoms with Crippen molar-refractivity contribution in [2.45, 2.75) is 25.1 Å². The molecule has 0 amide bonds. The number of phenolic OH excluding ortho intramolecular Hbond substituents is 1. The van der Waals surface area contributed by atoms with Gasteiger partial charge in [-0.3, -0.25) is 4.79 Å². The van der Waals surface area contributed by atoms with Crippen molar-refractivity contribution < 1.29 is 28.2 Å². The van der Waals surface area contributed by atoms with Gasteiger partial charge in [0.25, 0.3) is 0 Å². The van der Waals surface area contributed by atoms with Crippen LogP contribution < -0.4 is 0 Å². The SMILES string of the molecule is Cc1ccc(O)c(C(=O)CC(O)(c2ccccc2)C(F)(F)F)c1. The number of hydrogen-bond acceptors (Lipinski definition) is 3. The van der Waals surface area contributed by atoms with E-state index in [4.69, 9.17) is 0 Å². The van der Waals surface area contributed by atoms with Gasteiger partial charge in [0.2, 0.25) is 0 Å². The van der Waals surface area contributed by atoms with Crippen molar-refractivity contribution in [3.05, 3.63) is 65.2 Å². The Hall–Kier alpha value is -2.34. The molecule has 1 unspecified atom stereocenters. The highest BCUT2D eigenvalue weighted by Gasteiger charge is 2.56. The van der Waals surface area contributed by atoms with Crippen LogP contribution in [0.25, 0.3) is 0 Å². The van der Waals surface area contributed by atoms with Crippen LogP contribution >= 0.6 is 0 Å². The molecule has 0 radical (unpaired) electrons. The summed E-state index contributed by atoms with van der Waals surface area (Å²) in [7, 11) is 0. The number of aliphatic hydroxyl groups is 1. The molecule has 2 aromatic carbocycles. The van der Waals surface area contributed by atoms with Crippen LogP contribution in [-0.4, -0.2) is 22.2 Å². The summed E-state index contributed by atoms with van der Waals surface area (Å²) in [6.45, 7) is 1.64. The summed E-state index contributed by atoms with van der Waals surface area (Å²) in [5.41, 5.74) is -3.38. The average molecular weight is 324 g/mol. The third kappa shape index (κ3) is 3.37. The topological polar surface area (TPSA) is 57.5 Å². The van der Waals surface area contributed by atoms with Crippen LogP contribution in [0, 0.1) is 6.92 Å². The maximum atomic E-state index is 13.4. The molecule has 0 saturated carbocycles. The molecule has 2 aromatic rings. The Morgan fingerprint density at radius 1 is 1.09 bits per heavy atom. The third-order valence-electron chi connectivity index (χ3n) is 3.59. The van der Waals surface area contributed by atoms with E-state index in [1.807, 2.05) is 0 Å². The molecule has 0 bridgehead atoms. The second-order valence-corrected chi connectivity index (χ2v) is 5.34. The van der Waals surface area contributed by atoms with Gasteiger partial charge in [-0.2, -0.15) is 13.2 Å². The predicted octanol–water partition coefficient (Wildman–Crippen LogP) is 3.72. The van der Waals surface area contributed by atoms with E-state index in [0.717, 1.165) is 12.1 Å². The molecule has 2 N–H and O–H groups in total. The Morgan fingerprint density at radius 2 is 1.70 bits per heavy atom. The molecule has 0 aliphatic heterocycles. The fourth-order valence-electron chi connectivity index (χ4n) is 2.28. The zero-order chi connectivity index (χ0) is 17.3. The molecule has 1 atom stereocenters. The maximum Gasteiger partial charge on any atom is 0.421 e. The summed E-state index contributed by atoms with van der Waals surface area (Å²) in [5.74, 6) is -1.41. The number of aryl methyl sites for hydroxylation is 1. The normalized spacial score (nSPS) is 14.3. The summed E-state index contributed by atoms with van der Waals surface area (Å²) in [6, 6.07) is 10.5. The number of phenols is 1. The maximum absolute atomic E-state index is 13.4. The highest BCUT2D eigenvalue weighted by atomic mass is 19.4. The Labute approximate surface area is 131 Å². The van der Waals surface area contributed by atoms with Gasteiger partial charge < -0.3 is 10.2 Å². The van der Waals surface area contributed by atoms with E-state index >= 15 is 0 Å². The van der Waals surface area contributed by atoms with Gasteiger partial charge >= 0.3 is 6.18 Å². The summed E-state index contributed by atoms with van der Waals surface area (Å²) >= 11 is 0. The first-order chi connectivity index (χ1) is 10.6. The van der Waals surface area contributed by atoms with Gasteiger partial charge in [-0.15, -0.1) is 0 Å².